The number of imidazole rings is 1. The van der Waals surface area contributed by atoms with Crippen molar-refractivity contribution in [1.82, 2.24) is 14.1 Å². The van der Waals surface area contributed by atoms with E-state index in [1.807, 2.05) is 4.57 Å². The van der Waals surface area contributed by atoms with Gasteiger partial charge in [0.15, 0.2) is 0 Å². The minimum atomic E-state index is -0.721. The first kappa shape index (κ1) is 21.2. The summed E-state index contributed by atoms with van der Waals surface area (Å²) >= 11 is 0. The van der Waals surface area contributed by atoms with Crippen LogP contribution in [0, 0.1) is 23.2 Å². The topological polar surface area (TPSA) is 110 Å². The van der Waals surface area contributed by atoms with Crippen LogP contribution >= 0.6 is 0 Å². The van der Waals surface area contributed by atoms with Gasteiger partial charge in [-0.2, -0.15) is 5.26 Å². The van der Waals surface area contributed by atoms with Gasteiger partial charge in [0.2, 0.25) is 5.95 Å². The van der Waals surface area contributed by atoms with Crippen molar-refractivity contribution in [3.63, 3.8) is 0 Å². The lowest BCUT2D eigenvalue weighted by atomic mass is 10.1. The number of nitrogens with zero attached hydrogens (tertiary/aromatic N) is 5. The molecule has 8 nitrogen and oxygen atoms in total. The molecule has 3 aromatic rings. The van der Waals surface area contributed by atoms with Crippen molar-refractivity contribution in [2.75, 3.05) is 18.0 Å². The summed E-state index contributed by atoms with van der Waals surface area (Å²) < 4.78 is 3.16. The molecule has 0 unspecified atom stereocenters. The zero-order valence-electron chi connectivity index (χ0n) is 18.0. The highest BCUT2D eigenvalue weighted by molar-refractivity contribution is 5.94. The van der Waals surface area contributed by atoms with Gasteiger partial charge in [0.25, 0.3) is 11.5 Å². The maximum Gasteiger partial charge on any atom is 0.277 e. The fourth-order valence-electron chi connectivity index (χ4n) is 4.17. The van der Waals surface area contributed by atoms with E-state index in [0.29, 0.717) is 34.7 Å². The van der Waals surface area contributed by atoms with Crippen LogP contribution in [0.3, 0.4) is 0 Å². The van der Waals surface area contributed by atoms with Crippen LogP contribution in [-0.4, -0.2) is 33.1 Å². The number of rotatable bonds is 5. The van der Waals surface area contributed by atoms with Gasteiger partial charge in [-0.15, -0.1) is 5.92 Å². The molecule has 0 spiro atoms. The number of piperidine rings is 1. The third-order valence-corrected chi connectivity index (χ3v) is 5.76. The summed E-state index contributed by atoms with van der Waals surface area (Å²) in [5.74, 6) is 5.88. The molecule has 32 heavy (non-hydrogen) atoms. The van der Waals surface area contributed by atoms with Gasteiger partial charge in [-0.05, 0) is 43.9 Å². The maximum absolute atomic E-state index is 13.7. The van der Waals surface area contributed by atoms with Gasteiger partial charge >= 0.3 is 0 Å². The Hall–Kier alpha value is -4.04. The second-order valence-corrected chi connectivity index (χ2v) is 7.76. The molecule has 8 heteroatoms. The first-order valence-electron chi connectivity index (χ1n) is 10.6. The highest BCUT2D eigenvalue weighted by atomic mass is 16.2. The van der Waals surface area contributed by atoms with Crippen LogP contribution in [0.25, 0.3) is 11.0 Å². The van der Waals surface area contributed by atoms with Gasteiger partial charge in [0.05, 0.1) is 30.2 Å². The van der Waals surface area contributed by atoms with Gasteiger partial charge in [0.1, 0.15) is 11.2 Å². The summed E-state index contributed by atoms with van der Waals surface area (Å²) in [5.41, 5.74) is 7.20. The van der Waals surface area contributed by atoms with Crippen molar-refractivity contribution >= 4 is 22.9 Å². The number of benzene rings is 1. The van der Waals surface area contributed by atoms with Gasteiger partial charge in [-0.25, -0.2) is 4.98 Å². The summed E-state index contributed by atoms with van der Waals surface area (Å²) in [4.78, 5) is 32.8. The Labute approximate surface area is 185 Å². The van der Waals surface area contributed by atoms with Crippen molar-refractivity contribution in [3.05, 3.63) is 57.5 Å². The van der Waals surface area contributed by atoms with Crippen LogP contribution in [0.2, 0.25) is 0 Å². The molecule has 1 amide bonds. The van der Waals surface area contributed by atoms with Crippen molar-refractivity contribution in [2.45, 2.75) is 39.3 Å². The molecule has 1 aliphatic rings. The smallest absolute Gasteiger partial charge is 0.277 e. The zero-order chi connectivity index (χ0) is 22.7. The highest BCUT2D eigenvalue weighted by Crippen LogP contribution is 2.24. The van der Waals surface area contributed by atoms with Crippen molar-refractivity contribution < 1.29 is 4.79 Å². The number of fused-ring (bicyclic) bond motifs is 1. The molecule has 4 rings (SSSR count). The van der Waals surface area contributed by atoms with Gasteiger partial charge in [-0.1, -0.05) is 24.1 Å². The number of amides is 1. The molecule has 0 saturated carbocycles. The summed E-state index contributed by atoms with van der Waals surface area (Å²) in [7, 11) is 0. The number of hydrogen-bond acceptors (Lipinski definition) is 5. The number of nitriles is 1. The van der Waals surface area contributed by atoms with Crippen molar-refractivity contribution in [2.24, 2.45) is 5.73 Å². The fourth-order valence-corrected chi connectivity index (χ4v) is 4.17. The summed E-state index contributed by atoms with van der Waals surface area (Å²) in [5, 5.41) is 9.44. The molecule has 0 aliphatic carbocycles. The lowest BCUT2D eigenvalue weighted by Crippen LogP contribution is -2.33. The normalized spacial score (nSPS) is 13.4. The Morgan fingerprint density at radius 1 is 1.19 bits per heavy atom. The Bertz CT molecular complexity index is 1340. The average molecular weight is 428 g/mol. The third kappa shape index (κ3) is 3.83. The Morgan fingerprint density at radius 2 is 1.94 bits per heavy atom. The summed E-state index contributed by atoms with van der Waals surface area (Å²) in [6, 6.07) is 10.7. The predicted molar refractivity (Wildman–Crippen MR) is 122 cm³/mol. The molecule has 0 radical (unpaired) electrons. The van der Waals surface area contributed by atoms with E-state index in [2.05, 4.69) is 22.8 Å². The summed E-state index contributed by atoms with van der Waals surface area (Å²) in [6.07, 6.45) is 3.29. The lowest BCUT2D eigenvalue weighted by Gasteiger charge is -2.27. The molecule has 162 valence electrons. The van der Waals surface area contributed by atoms with Crippen LogP contribution in [0.1, 0.15) is 47.8 Å². The minimum absolute atomic E-state index is 0.0560. The Morgan fingerprint density at radius 3 is 2.62 bits per heavy atom. The number of nitrogens with two attached hydrogens (primary N) is 1. The molecular weight excluding hydrogens is 404 g/mol. The Balaban J connectivity index is 1.95. The SMILES string of the molecule is CC#CCn1c(N2CCCCC2)nc2cc(C(N)=O)n(Cc3ccccc3C#N)c(=O)c21. The van der Waals surface area contributed by atoms with Crippen LogP contribution in [0.5, 0.6) is 0 Å². The van der Waals surface area contributed by atoms with Crippen molar-refractivity contribution in [3.8, 4) is 17.9 Å². The number of pyridine rings is 1. The van der Waals surface area contributed by atoms with Gasteiger partial charge in [-0.3, -0.25) is 18.7 Å². The molecular formula is C24H24N6O2. The van der Waals surface area contributed by atoms with E-state index >= 15 is 0 Å². The second-order valence-electron chi connectivity index (χ2n) is 7.76. The molecule has 0 atom stereocenters. The number of aromatic nitrogens is 3. The quantitative estimate of drug-likeness (QED) is 0.627. The molecule has 1 saturated heterocycles. The Kier molecular flexibility index (Phi) is 5.96. The number of primary amides is 1. The standard InChI is InChI=1S/C24H24N6O2/c1-2-3-13-29-21-19(27-24(29)28-11-7-4-8-12-28)14-20(22(26)31)30(23(21)32)16-18-10-6-5-9-17(18)15-25/h5-6,9-10,14H,4,7-8,11-13,16H2,1H3,(H2,26,31). The molecule has 1 aliphatic heterocycles. The summed E-state index contributed by atoms with van der Waals surface area (Å²) in [6.45, 7) is 3.84. The number of hydrogen-bond donors (Lipinski definition) is 1. The predicted octanol–water partition coefficient (Wildman–Crippen LogP) is 2.23. The van der Waals surface area contributed by atoms with E-state index in [9.17, 15) is 14.9 Å². The number of carbonyl (C=O) groups excluding carboxylic acids is 1. The molecule has 3 heterocycles. The van der Waals surface area contributed by atoms with Crippen LogP contribution < -0.4 is 16.2 Å². The van der Waals surface area contributed by atoms with Crippen LogP contribution in [-0.2, 0) is 13.1 Å². The molecule has 1 fully saturated rings. The second kappa shape index (κ2) is 8.99. The monoisotopic (exact) mass is 428 g/mol. The van der Waals surface area contributed by atoms with E-state index in [1.165, 1.54) is 11.0 Å². The molecule has 0 bridgehead atoms. The van der Waals surface area contributed by atoms with E-state index in [0.717, 1.165) is 25.9 Å². The van der Waals surface area contributed by atoms with E-state index in [4.69, 9.17) is 10.7 Å². The molecule has 1 aromatic carbocycles. The van der Waals surface area contributed by atoms with Gasteiger partial charge < -0.3 is 10.6 Å². The third-order valence-electron chi connectivity index (χ3n) is 5.76. The zero-order valence-corrected chi connectivity index (χ0v) is 18.0. The average Bonchev–Trinajstić information content (AvgIpc) is 3.18. The van der Waals surface area contributed by atoms with Crippen LogP contribution in [0.4, 0.5) is 5.95 Å². The lowest BCUT2D eigenvalue weighted by molar-refractivity contribution is 0.0991. The number of anilines is 1. The van der Waals surface area contributed by atoms with Crippen LogP contribution in [0.15, 0.2) is 35.1 Å². The van der Waals surface area contributed by atoms with E-state index in [1.54, 1.807) is 37.3 Å². The highest BCUT2D eigenvalue weighted by Gasteiger charge is 2.24. The maximum atomic E-state index is 13.7. The number of carbonyl (C=O) groups is 1. The van der Waals surface area contributed by atoms with Crippen molar-refractivity contribution in [1.29, 1.82) is 5.26 Å². The molecule has 2 aromatic heterocycles. The first-order valence-corrected chi connectivity index (χ1v) is 10.6. The van der Waals surface area contributed by atoms with E-state index in [-0.39, 0.29) is 17.8 Å². The minimum Gasteiger partial charge on any atom is -0.364 e. The first-order chi connectivity index (χ1) is 15.5. The molecule has 2 N–H and O–H groups in total. The van der Waals surface area contributed by atoms with E-state index < -0.39 is 5.91 Å². The van der Waals surface area contributed by atoms with Gasteiger partial charge in [0, 0.05) is 13.1 Å². The fraction of sp³-hybridized carbons (Fsp3) is 0.333. The largest absolute Gasteiger partial charge is 0.364 e.